The molecule has 17 N–H and O–H groups in total. The van der Waals surface area contributed by atoms with Crippen LogP contribution in [-0.4, -0.2) is 350 Å². The highest BCUT2D eigenvalue weighted by Crippen LogP contribution is 2.52. The summed E-state index contributed by atoms with van der Waals surface area (Å²) in [4.78, 5) is 88.4. The molecule has 0 spiro atoms. The van der Waals surface area contributed by atoms with E-state index in [-0.39, 0.29) is 6.42 Å². The maximum atomic E-state index is 13.6. The number of aryl methyl sites for hydroxylation is 1. The highest BCUT2D eigenvalue weighted by Gasteiger charge is 2.49. The fraction of sp³-hybridized carbons (Fsp3) is 0.893. The van der Waals surface area contributed by atoms with Gasteiger partial charge in [0.25, 0.3) is 0 Å². The Morgan fingerprint density at radius 3 is 1.40 bits per heavy atom. The Hall–Kier alpha value is -2.16. The first-order chi connectivity index (χ1) is 53.1. The number of hydrogen-bond donors (Lipinski definition) is 17. The number of imidazole rings is 1. The average Bonchev–Trinajstić information content (AvgIpc) is 1.61. The van der Waals surface area contributed by atoms with Gasteiger partial charge in [-0.25, -0.2) is 37.8 Å². The summed E-state index contributed by atoms with van der Waals surface area (Å²) in [6.45, 7) is -9.74. The van der Waals surface area contributed by atoms with Crippen molar-refractivity contribution < 1.29 is 219 Å². The summed E-state index contributed by atoms with van der Waals surface area (Å²) in [6.07, 6.45) is -18.1. The van der Waals surface area contributed by atoms with Crippen LogP contribution in [0.25, 0.3) is 11.2 Å². The first-order valence-electron chi connectivity index (χ1n) is 34.5. The molecule has 4 aliphatic rings. The quantitative estimate of drug-likeness (QED) is 0.0175. The Balaban J connectivity index is 1.09. The van der Waals surface area contributed by atoms with Crippen molar-refractivity contribution in [3.8, 4) is 0 Å². The molecule has 0 aliphatic carbocycles. The summed E-state index contributed by atoms with van der Waals surface area (Å²) in [5.41, 5.74) is -1.72. The van der Waals surface area contributed by atoms with Crippen molar-refractivity contribution in [2.75, 3.05) is 146 Å². The summed E-state index contributed by atoms with van der Waals surface area (Å²) in [5, 5.41) is 103. The van der Waals surface area contributed by atoms with E-state index in [0.717, 1.165) is 6.92 Å². The average molecular weight is 1770 g/mol. The predicted octanol–water partition coefficient (Wildman–Crippen LogP) is -3.32. The summed E-state index contributed by atoms with van der Waals surface area (Å²) in [5.74, 6) is -3.45. The standard InChI is InChI=1S/C56H103N5O46P6/c1-32(2)108(73,74)96-20-42-38(13-43(103-42)61-26-59-44-35(5)57-25-58-52(44)61)107-113(83,84)102-28-86-19-37(14-62)18-85-27-98-112(81,82)97-24-56(21-87-29-99-109(75,76)93-10-7-90-53-33(3)46(67)48(69)39(15-63)104-53,22-88-30-100-110(77,78)94-11-8-91-54-34(4)47(68)49(70)40(16-64)105-54)23-89-31-101-111(79,80)95-12-9-92-55-45(60-36(6)66)51(72)50(71)41(17-65)106-55/h25-26,32-34,37-43,45-51,53-55,62-65,67-72H,7-24,27-31H2,1-6H3,(H,60,66)(H,73,74)(H,75,76)(H,77,78)(H,79,80)(H,81,82)(H,83,84)/t33?,34?,37?,38-,39?,40?,41?,42+,43+,45?,46+,47+,48-,49?,50-,51+,53+,54+,55+,56?/m0/s1. The zero-order valence-electron chi connectivity index (χ0n) is 61.8. The van der Waals surface area contributed by atoms with Crippen molar-refractivity contribution in [1.82, 2.24) is 24.8 Å². The van der Waals surface area contributed by atoms with Crippen molar-refractivity contribution in [2.24, 2.45) is 23.2 Å². The normalized spacial score (nSPS) is 31.2. The lowest BCUT2D eigenvalue weighted by Gasteiger charge is -2.42. The number of carbonyl (C=O) groups is 1. The number of fused-ring (bicyclic) bond motifs is 1. The Morgan fingerprint density at radius 1 is 0.531 bits per heavy atom. The lowest BCUT2D eigenvalue weighted by Crippen LogP contribution is -2.64. The van der Waals surface area contributed by atoms with E-state index in [2.05, 4.69) is 20.3 Å². The topological polar surface area (TPSA) is 711 Å². The van der Waals surface area contributed by atoms with Crippen LogP contribution >= 0.6 is 46.7 Å². The molecular formula is C56H103N5O46P6. The molecule has 4 aliphatic heterocycles. The van der Waals surface area contributed by atoms with Gasteiger partial charge in [0, 0.05) is 31.1 Å². The maximum Gasteiger partial charge on any atom is 0.474 e. The number of carbonyl (C=O) groups excluding carboxylic acids is 1. The van der Waals surface area contributed by atoms with Crippen molar-refractivity contribution in [3.05, 3.63) is 18.3 Å². The molecule has 26 atom stereocenters. The van der Waals surface area contributed by atoms with E-state index in [1.807, 2.05) is 0 Å². The first kappa shape index (κ1) is 99.7. The van der Waals surface area contributed by atoms with Crippen molar-refractivity contribution in [1.29, 1.82) is 0 Å². The number of aromatic nitrogens is 4. The van der Waals surface area contributed by atoms with Crippen LogP contribution in [0, 0.1) is 30.1 Å². The molecule has 0 aromatic carbocycles. The molecule has 6 rings (SSSR count). The third-order valence-corrected chi connectivity index (χ3v) is 23.6. The van der Waals surface area contributed by atoms with Crippen LogP contribution in [-0.2, 0) is 139 Å². The van der Waals surface area contributed by atoms with Gasteiger partial charge in [-0.1, -0.05) is 27.7 Å². The molecule has 0 saturated carbocycles. The minimum Gasteiger partial charge on any atom is -0.396 e. The predicted molar refractivity (Wildman–Crippen MR) is 367 cm³/mol. The van der Waals surface area contributed by atoms with Gasteiger partial charge < -0.3 is 147 Å². The fourth-order valence-electron chi connectivity index (χ4n) is 10.7. The van der Waals surface area contributed by atoms with Gasteiger partial charge in [0.05, 0.1) is 148 Å². The number of aliphatic hydroxyl groups excluding tert-OH is 10. The Morgan fingerprint density at radius 2 is 0.956 bits per heavy atom. The summed E-state index contributed by atoms with van der Waals surface area (Å²) < 4.78 is 202. The van der Waals surface area contributed by atoms with Crippen molar-refractivity contribution >= 4 is 63.8 Å². The molecule has 2 aromatic heterocycles. The monoisotopic (exact) mass is 1770 g/mol. The third-order valence-electron chi connectivity index (χ3n) is 17.1. The smallest absolute Gasteiger partial charge is 0.396 e. The fourth-order valence-corrected chi connectivity index (χ4v) is 14.7. The van der Waals surface area contributed by atoms with Gasteiger partial charge in [0.15, 0.2) is 58.5 Å². The molecule has 6 heterocycles. The lowest BCUT2D eigenvalue weighted by molar-refractivity contribution is -0.283. The van der Waals surface area contributed by atoms with Crippen LogP contribution in [0.1, 0.15) is 53.0 Å². The van der Waals surface area contributed by atoms with Crippen molar-refractivity contribution in [3.63, 3.8) is 0 Å². The van der Waals surface area contributed by atoms with E-state index in [4.69, 9.17) is 107 Å². The van der Waals surface area contributed by atoms with Crippen LogP contribution in [0.5, 0.6) is 0 Å². The van der Waals surface area contributed by atoms with Crippen LogP contribution in [0.2, 0.25) is 0 Å². The van der Waals surface area contributed by atoms with Gasteiger partial charge in [-0.2, -0.15) is 0 Å². The van der Waals surface area contributed by atoms with E-state index in [0.29, 0.717) is 16.9 Å². The summed E-state index contributed by atoms with van der Waals surface area (Å²) in [6, 6.07) is -1.41. The van der Waals surface area contributed by atoms with E-state index in [1.54, 1.807) is 6.92 Å². The number of phosphoric ester groups is 5. The van der Waals surface area contributed by atoms with Crippen LogP contribution < -0.4 is 5.32 Å². The van der Waals surface area contributed by atoms with Gasteiger partial charge in [0.1, 0.15) is 79.0 Å². The number of phosphoric acid groups is 5. The Kier molecular flexibility index (Phi) is 41.2. The number of nitrogens with zero attached hydrogens (tertiary/aromatic N) is 4. The van der Waals surface area contributed by atoms with E-state index >= 15 is 0 Å². The van der Waals surface area contributed by atoms with Gasteiger partial charge >= 0.3 is 46.7 Å². The second kappa shape index (κ2) is 46.7. The van der Waals surface area contributed by atoms with Gasteiger partial charge in [-0.15, -0.1) is 0 Å². The number of nitrogens with one attached hydrogen (secondary N) is 1. The summed E-state index contributed by atoms with van der Waals surface area (Å²) >= 11 is 0. The number of hydrogen-bond acceptors (Lipinski definition) is 43. The van der Waals surface area contributed by atoms with Gasteiger partial charge in [-0.05, 0) is 6.92 Å². The molecule has 1 amide bonds. The largest absolute Gasteiger partial charge is 0.474 e. The molecule has 15 unspecified atom stereocenters. The molecule has 0 bridgehead atoms. The van der Waals surface area contributed by atoms with Crippen molar-refractivity contribution in [2.45, 2.75) is 152 Å². The lowest BCUT2D eigenvalue weighted by atomic mass is 9.92. The minimum absolute atomic E-state index is 0.152. The molecule has 51 nitrogen and oxygen atoms in total. The molecule has 4 saturated heterocycles. The number of ether oxygens (including phenoxy) is 12. The second-order valence-corrected chi connectivity index (χ2v) is 35.7. The van der Waals surface area contributed by atoms with Gasteiger partial charge in [-0.3, -0.25) is 59.2 Å². The zero-order chi connectivity index (χ0) is 83.7. The zero-order valence-corrected chi connectivity index (χ0v) is 67.2. The molecular weight excluding hydrogens is 1660 g/mol. The molecule has 113 heavy (non-hydrogen) atoms. The Bertz CT molecular complexity index is 3400. The maximum absolute atomic E-state index is 13.6. The van der Waals surface area contributed by atoms with Crippen LogP contribution in [0.4, 0.5) is 0 Å². The first-order valence-corrected chi connectivity index (χ1v) is 43.6. The summed E-state index contributed by atoms with van der Waals surface area (Å²) in [7, 11) is -30.2. The highest BCUT2D eigenvalue weighted by atomic mass is 31.2. The highest BCUT2D eigenvalue weighted by molar-refractivity contribution is 7.53. The number of amides is 1. The van der Waals surface area contributed by atoms with Crippen LogP contribution in [0.3, 0.4) is 0 Å². The number of rotatable bonds is 55. The minimum atomic E-state index is -5.44. The molecule has 2 aromatic rings. The molecule has 0 radical (unpaired) electrons. The van der Waals surface area contributed by atoms with Crippen LogP contribution in [0.15, 0.2) is 12.7 Å². The number of aliphatic hydroxyl groups is 10. The second-order valence-electron chi connectivity index (χ2n) is 26.1. The van der Waals surface area contributed by atoms with E-state index in [9.17, 15) is 113 Å². The van der Waals surface area contributed by atoms with Gasteiger partial charge in [0.2, 0.25) is 5.91 Å². The Labute approximate surface area is 645 Å². The molecule has 658 valence electrons. The van der Waals surface area contributed by atoms with E-state index in [1.165, 1.54) is 44.9 Å². The van der Waals surface area contributed by atoms with E-state index < -0.39 is 326 Å². The third kappa shape index (κ3) is 32.0. The molecule has 4 fully saturated rings. The SMILES string of the molecule is CC(=O)NC1[C@H](OCCOP(=O)(O)OCOCC(COCOP(=O)(O)OCCO[C@@H]2OC(CO)C(O)[C@H](O)C2C)(COCOP(=O)(O)OCCO[C@@H]2OC(CO)[C@H](O)[C@H](O)C2C)COP(=O)(O)OCOCC(CO)COCOP(=O)(O)O[C@H]2C[C@H](n3cnc4c(C)ncnc43)O[C@@H]2COP(=O)(O)C(C)C)OC(CO)[C@H](O)[C@@H]1O. The molecule has 57 heteroatoms.